The highest BCUT2D eigenvalue weighted by Crippen LogP contribution is 2.12. The van der Waals surface area contributed by atoms with Crippen LogP contribution in [0.3, 0.4) is 0 Å². The molecular weight excluding hydrogens is 262 g/mol. The number of anilines is 1. The number of carbonyl (C=O) groups is 1. The van der Waals surface area contributed by atoms with Crippen molar-refractivity contribution >= 4 is 11.6 Å². The molecule has 0 saturated heterocycles. The number of hydrogen-bond acceptors (Lipinski definition) is 2. The van der Waals surface area contributed by atoms with Crippen molar-refractivity contribution in [2.24, 2.45) is 0 Å². The smallest absolute Gasteiger partial charge is 0.224 e. The Labute approximate surface area is 125 Å². The van der Waals surface area contributed by atoms with Gasteiger partial charge in [-0.3, -0.25) is 4.79 Å². The number of aliphatic hydroxyl groups is 1. The van der Waals surface area contributed by atoms with Crippen LogP contribution >= 0.6 is 0 Å². The number of rotatable bonds is 6. The molecule has 0 heterocycles. The minimum absolute atomic E-state index is 0.00958. The molecule has 0 aliphatic heterocycles. The van der Waals surface area contributed by atoms with E-state index in [1.165, 1.54) is 11.1 Å². The molecule has 0 aliphatic carbocycles. The van der Waals surface area contributed by atoms with Crippen molar-refractivity contribution in [1.82, 2.24) is 0 Å². The molecule has 0 fully saturated rings. The molecule has 110 valence electrons. The summed E-state index contributed by atoms with van der Waals surface area (Å²) in [7, 11) is 0. The van der Waals surface area contributed by atoms with Gasteiger partial charge in [-0.25, -0.2) is 0 Å². The van der Waals surface area contributed by atoms with Crippen LogP contribution in [-0.2, 0) is 24.2 Å². The summed E-state index contributed by atoms with van der Waals surface area (Å²) in [6.45, 7) is 2.11. The fourth-order valence-corrected chi connectivity index (χ4v) is 2.17. The lowest BCUT2D eigenvalue weighted by Crippen LogP contribution is -2.12. The van der Waals surface area contributed by atoms with E-state index in [4.69, 9.17) is 5.11 Å². The SMILES string of the molecule is CCc1ccc(CCC(=O)Nc2cccc(CO)c2)cc1. The number of carbonyl (C=O) groups excluding carboxylic acids is 1. The lowest BCUT2D eigenvalue weighted by molar-refractivity contribution is -0.116. The van der Waals surface area contributed by atoms with E-state index in [1.807, 2.05) is 18.2 Å². The molecule has 0 bridgehead atoms. The van der Waals surface area contributed by atoms with E-state index < -0.39 is 0 Å². The largest absolute Gasteiger partial charge is 0.392 e. The van der Waals surface area contributed by atoms with Crippen molar-refractivity contribution in [3.05, 3.63) is 65.2 Å². The summed E-state index contributed by atoms with van der Waals surface area (Å²) < 4.78 is 0. The maximum Gasteiger partial charge on any atom is 0.224 e. The zero-order valence-corrected chi connectivity index (χ0v) is 12.3. The van der Waals surface area contributed by atoms with Crippen LogP contribution in [0.2, 0.25) is 0 Å². The average Bonchev–Trinajstić information content (AvgIpc) is 2.53. The Morgan fingerprint density at radius 1 is 1.05 bits per heavy atom. The van der Waals surface area contributed by atoms with Crippen molar-refractivity contribution < 1.29 is 9.90 Å². The van der Waals surface area contributed by atoms with Gasteiger partial charge in [0.25, 0.3) is 0 Å². The molecule has 2 N–H and O–H groups in total. The van der Waals surface area contributed by atoms with E-state index in [0.29, 0.717) is 6.42 Å². The third-order valence-corrected chi connectivity index (χ3v) is 3.47. The molecule has 21 heavy (non-hydrogen) atoms. The summed E-state index contributed by atoms with van der Waals surface area (Å²) in [4.78, 5) is 11.9. The van der Waals surface area contributed by atoms with Crippen LogP contribution in [-0.4, -0.2) is 11.0 Å². The van der Waals surface area contributed by atoms with Crippen LogP contribution in [0.4, 0.5) is 5.69 Å². The molecule has 0 saturated carbocycles. The Morgan fingerprint density at radius 2 is 1.76 bits per heavy atom. The normalized spacial score (nSPS) is 10.4. The Morgan fingerprint density at radius 3 is 2.43 bits per heavy atom. The van der Waals surface area contributed by atoms with Crippen molar-refractivity contribution in [3.63, 3.8) is 0 Å². The molecule has 3 heteroatoms. The number of nitrogens with one attached hydrogen (secondary N) is 1. The van der Waals surface area contributed by atoms with Crippen LogP contribution in [0.1, 0.15) is 30.0 Å². The zero-order chi connectivity index (χ0) is 15.1. The van der Waals surface area contributed by atoms with Crippen LogP contribution in [0.5, 0.6) is 0 Å². The monoisotopic (exact) mass is 283 g/mol. The highest BCUT2D eigenvalue weighted by Gasteiger charge is 2.04. The second-order valence-electron chi connectivity index (χ2n) is 5.08. The van der Waals surface area contributed by atoms with Crippen molar-refractivity contribution in [1.29, 1.82) is 0 Å². The van der Waals surface area contributed by atoms with Gasteiger partial charge in [0, 0.05) is 12.1 Å². The van der Waals surface area contributed by atoms with E-state index in [9.17, 15) is 4.79 Å². The van der Waals surface area contributed by atoms with E-state index in [2.05, 4.69) is 36.5 Å². The van der Waals surface area contributed by atoms with Crippen LogP contribution in [0.15, 0.2) is 48.5 Å². The standard InChI is InChI=1S/C18H21NO2/c1-2-14-6-8-15(9-7-14)10-11-18(21)19-17-5-3-4-16(12-17)13-20/h3-9,12,20H,2,10-11,13H2,1H3,(H,19,21). The van der Waals surface area contributed by atoms with E-state index in [1.54, 1.807) is 6.07 Å². The van der Waals surface area contributed by atoms with E-state index >= 15 is 0 Å². The minimum atomic E-state index is -0.0203. The number of aryl methyl sites for hydroxylation is 2. The van der Waals surface area contributed by atoms with Gasteiger partial charge in [0.2, 0.25) is 5.91 Å². The summed E-state index contributed by atoms with van der Waals surface area (Å²) >= 11 is 0. The number of aliphatic hydroxyl groups excluding tert-OH is 1. The summed E-state index contributed by atoms with van der Waals surface area (Å²) in [6, 6.07) is 15.6. The third-order valence-electron chi connectivity index (χ3n) is 3.47. The first-order chi connectivity index (χ1) is 10.2. The van der Waals surface area contributed by atoms with Gasteiger partial charge >= 0.3 is 0 Å². The fraction of sp³-hybridized carbons (Fsp3) is 0.278. The number of hydrogen-bond donors (Lipinski definition) is 2. The molecule has 2 aromatic carbocycles. The van der Waals surface area contributed by atoms with Crippen LogP contribution in [0, 0.1) is 0 Å². The fourth-order valence-electron chi connectivity index (χ4n) is 2.17. The summed E-state index contributed by atoms with van der Waals surface area (Å²) in [5.41, 5.74) is 4.01. The molecule has 3 nitrogen and oxygen atoms in total. The first-order valence-electron chi connectivity index (χ1n) is 7.28. The van der Waals surface area contributed by atoms with Gasteiger partial charge in [0.05, 0.1) is 6.61 Å². The molecular formula is C18H21NO2. The predicted molar refractivity (Wildman–Crippen MR) is 85.1 cm³/mol. The van der Waals surface area contributed by atoms with Crippen molar-refractivity contribution in [3.8, 4) is 0 Å². The second-order valence-corrected chi connectivity index (χ2v) is 5.08. The molecule has 0 unspecified atom stereocenters. The van der Waals surface area contributed by atoms with Crippen LogP contribution < -0.4 is 5.32 Å². The van der Waals surface area contributed by atoms with Gasteiger partial charge in [-0.05, 0) is 41.7 Å². The Balaban J connectivity index is 1.86. The van der Waals surface area contributed by atoms with Crippen molar-refractivity contribution in [2.75, 3.05) is 5.32 Å². The highest BCUT2D eigenvalue weighted by atomic mass is 16.3. The maximum absolute atomic E-state index is 11.9. The van der Waals surface area contributed by atoms with Gasteiger partial charge in [0.15, 0.2) is 0 Å². The van der Waals surface area contributed by atoms with Gasteiger partial charge in [-0.15, -0.1) is 0 Å². The molecule has 0 radical (unpaired) electrons. The maximum atomic E-state index is 11.9. The first kappa shape index (κ1) is 15.3. The Kier molecular flexibility index (Phi) is 5.52. The Hall–Kier alpha value is -2.13. The summed E-state index contributed by atoms with van der Waals surface area (Å²) in [5, 5.41) is 11.9. The molecule has 2 rings (SSSR count). The number of amides is 1. The number of benzene rings is 2. The molecule has 0 atom stereocenters. The van der Waals surface area contributed by atoms with Gasteiger partial charge < -0.3 is 10.4 Å². The lowest BCUT2D eigenvalue weighted by Gasteiger charge is -2.07. The molecule has 0 aromatic heterocycles. The topological polar surface area (TPSA) is 49.3 Å². The van der Waals surface area contributed by atoms with Gasteiger partial charge in [0.1, 0.15) is 0 Å². The molecule has 0 spiro atoms. The minimum Gasteiger partial charge on any atom is -0.392 e. The summed E-state index contributed by atoms with van der Waals surface area (Å²) in [5.74, 6) is -0.00958. The van der Waals surface area contributed by atoms with E-state index in [0.717, 1.165) is 24.1 Å². The third kappa shape index (κ3) is 4.72. The van der Waals surface area contributed by atoms with Crippen LogP contribution in [0.25, 0.3) is 0 Å². The molecule has 2 aromatic rings. The molecule has 1 amide bonds. The predicted octanol–water partition coefficient (Wildman–Crippen LogP) is 3.31. The van der Waals surface area contributed by atoms with E-state index in [-0.39, 0.29) is 12.5 Å². The summed E-state index contributed by atoms with van der Waals surface area (Å²) in [6.07, 6.45) is 2.21. The zero-order valence-electron chi connectivity index (χ0n) is 12.3. The Bertz CT molecular complexity index is 590. The van der Waals surface area contributed by atoms with Gasteiger partial charge in [-0.2, -0.15) is 0 Å². The second kappa shape index (κ2) is 7.60. The first-order valence-corrected chi connectivity index (χ1v) is 7.28. The quantitative estimate of drug-likeness (QED) is 0.854. The highest BCUT2D eigenvalue weighted by molar-refractivity contribution is 5.90. The van der Waals surface area contributed by atoms with Gasteiger partial charge in [-0.1, -0.05) is 43.3 Å². The molecule has 0 aliphatic rings. The average molecular weight is 283 g/mol. The lowest BCUT2D eigenvalue weighted by atomic mass is 10.1. The van der Waals surface area contributed by atoms with Crippen molar-refractivity contribution in [2.45, 2.75) is 32.8 Å².